The summed E-state index contributed by atoms with van der Waals surface area (Å²) in [6, 6.07) is 22.8. The van der Waals surface area contributed by atoms with Crippen molar-refractivity contribution in [2.24, 2.45) is 0 Å². The molecule has 1 N–H and O–H groups in total. The Morgan fingerprint density at radius 3 is 2.64 bits per heavy atom. The Labute approximate surface area is 207 Å². The maximum Gasteiger partial charge on any atom is 0.257 e. The molecule has 33 heavy (non-hydrogen) atoms. The van der Waals surface area contributed by atoms with Crippen molar-refractivity contribution in [3.8, 4) is 11.3 Å². The summed E-state index contributed by atoms with van der Waals surface area (Å²) in [5.41, 5.74) is 4.47. The molecule has 0 unspecified atom stereocenters. The summed E-state index contributed by atoms with van der Waals surface area (Å²) in [4.78, 5) is 17.7. The Balaban J connectivity index is 1.38. The number of halogens is 2. The number of carbonyl (C=O) groups is 1. The maximum atomic E-state index is 13.0. The second-order valence-electron chi connectivity index (χ2n) is 7.84. The van der Waals surface area contributed by atoms with Crippen LogP contribution in [0.4, 0.5) is 11.4 Å². The zero-order chi connectivity index (χ0) is 22.8. The molecule has 5 rings (SSSR count). The summed E-state index contributed by atoms with van der Waals surface area (Å²) in [7, 11) is 0. The lowest BCUT2D eigenvalue weighted by Crippen LogP contribution is -2.21. The first-order chi connectivity index (χ1) is 16.1. The van der Waals surface area contributed by atoms with Gasteiger partial charge in [-0.2, -0.15) is 0 Å². The third-order valence-corrected chi connectivity index (χ3v) is 7.41. The number of amides is 1. The SMILES string of the molecule is O=C(Nc1ccc(Cl)c(-c2ccc3ccccc3n2)c1)c1ccc(N2CCCCS2)cc1Cl. The van der Waals surface area contributed by atoms with Crippen LogP contribution in [0.15, 0.2) is 72.8 Å². The molecule has 1 aromatic heterocycles. The molecular formula is C26H21Cl2N3OS. The van der Waals surface area contributed by atoms with Gasteiger partial charge in [-0.15, -0.1) is 0 Å². The van der Waals surface area contributed by atoms with Gasteiger partial charge < -0.3 is 9.62 Å². The van der Waals surface area contributed by atoms with E-state index in [2.05, 4.69) is 9.62 Å². The second-order valence-corrected chi connectivity index (χ2v) is 9.77. The topological polar surface area (TPSA) is 45.2 Å². The molecule has 0 atom stereocenters. The Morgan fingerprint density at radius 2 is 1.82 bits per heavy atom. The first kappa shape index (κ1) is 22.1. The molecule has 4 nitrogen and oxygen atoms in total. The Bertz CT molecular complexity index is 1340. The number of anilines is 2. The van der Waals surface area contributed by atoms with Gasteiger partial charge >= 0.3 is 0 Å². The molecule has 1 aliphatic rings. The van der Waals surface area contributed by atoms with E-state index in [9.17, 15) is 4.79 Å². The minimum atomic E-state index is -0.266. The minimum Gasteiger partial charge on any atom is -0.322 e. The molecule has 0 saturated carbocycles. The van der Waals surface area contributed by atoms with Crippen molar-refractivity contribution < 1.29 is 4.79 Å². The highest BCUT2D eigenvalue weighted by molar-refractivity contribution is 8.00. The average Bonchev–Trinajstić information content (AvgIpc) is 2.85. The highest BCUT2D eigenvalue weighted by Gasteiger charge is 2.17. The first-order valence-corrected chi connectivity index (χ1v) is 12.5. The highest BCUT2D eigenvalue weighted by Crippen LogP contribution is 2.33. The smallest absolute Gasteiger partial charge is 0.257 e. The summed E-state index contributed by atoms with van der Waals surface area (Å²) in [5, 5.41) is 5.00. The molecule has 1 fully saturated rings. The van der Waals surface area contributed by atoms with Crippen LogP contribution in [0.3, 0.4) is 0 Å². The molecule has 1 saturated heterocycles. The molecule has 166 valence electrons. The number of pyridine rings is 1. The summed E-state index contributed by atoms with van der Waals surface area (Å²) in [6.45, 7) is 0.989. The van der Waals surface area contributed by atoms with Gasteiger partial charge in [-0.1, -0.05) is 47.5 Å². The fraction of sp³-hybridized carbons (Fsp3) is 0.154. The van der Waals surface area contributed by atoms with Crippen LogP contribution in [0.2, 0.25) is 10.0 Å². The molecule has 1 amide bonds. The van der Waals surface area contributed by atoms with Gasteiger partial charge in [0.1, 0.15) is 0 Å². The third-order valence-electron chi connectivity index (χ3n) is 5.59. The van der Waals surface area contributed by atoms with E-state index in [0.29, 0.717) is 21.3 Å². The number of fused-ring (bicyclic) bond motifs is 1. The van der Waals surface area contributed by atoms with Gasteiger partial charge in [0.15, 0.2) is 0 Å². The number of nitrogens with one attached hydrogen (secondary N) is 1. The van der Waals surface area contributed by atoms with Gasteiger partial charge in [-0.25, -0.2) is 4.98 Å². The summed E-state index contributed by atoms with van der Waals surface area (Å²) < 4.78 is 2.24. The van der Waals surface area contributed by atoms with Crippen LogP contribution in [0.25, 0.3) is 22.2 Å². The lowest BCUT2D eigenvalue weighted by Gasteiger charge is -2.27. The van der Waals surface area contributed by atoms with E-state index in [1.54, 1.807) is 30.1 Å². The second kappa shape index (κ2) is 9.64. The predicted molar refractivity (Wildman–Crippen MR) is 141 cm³/mol. The monoisotopic (exact) mass is 493 g/mol. The van der Waals surface area contributed by atoms with Crippen LogP contribution < -0.4 is 9.62 Å². The lowest BCUT2D eigenvalue weighted by atomic mass is 10.1. The quantitative estimate of drug-likeness (QED) is 0.295. The molecule has 4 aromatic rings. The fourth-order valence-corrected chi connectivity index (χ4v) is 5.41. The van der Waals surface area contributed by atoms with E-state index in [4.69, 9.17) is 28.2 Å². The van der Waals surface area contributed by atoms with Gasteiger partial charge in [0.2, 0.25) is 0 Å². The number of rotatable bonds is 4. The van der Waals surface area contributed by atoms with E-state index in [0.717, 1.165) is 46.6 Å². The van der Waals surface area contributed by atoms with Crippen LogP contribution in [-0.4, -0.2) is 23.2 Å². The van der Waals surface area contributed by atoms with Crippen LogP contribution in [0.1, 0.15) is 23.2 Å². The zero-order valence-corrected chi connectivity index (χ0v) is 20.1. The highest BCUT2D eigenvalue weighted by atomic mass is 35.5. The molecule has 0 aliphatic carbocycles. The molecule has 7 heteroatoms. The number of benzene rings is 3. The molecule has 2 heterocycles. The van der Waals surface area contributed by atoms with Crippen molar-refractivity contribution in [3.63, 3.8) is 0 Å². The van der Waals surface area contributed by atoms with Gasteiger partial charge in [-0.3, -0.25) is 4.79 Å². The number of para-hydroxylation sites is 1. The number of hydrogen-bond acceptors (Lipinski definition) is 4. The molecular weight excluding hydrogens is 473 g/mol. The molecule has 1 aliphatic heterocycles. The number of hydrogen-bond donors (Lipinski definition) is 1. The van der Waals surface area contributed by atoms with Crippen molar-refractivity contribution in [1.29, 1.82) is 0 Å². The van der Waals surface area contributed by atoms with Gasteiger partial charge in [-0.05, 0) is 73.3 Å². The van der Waals surface area contributed by atoms with E-state index in [-0.39, 0.29) is 5.91 Å². The summed E-state index contributed by atoms with van der Waals surface area (Å²) in [6.07, 6.45) is 2.39. The van der Waals surface area contributed by atoms with E-state index in [1.807, 2.05) is 54.6 Å². The van der Waals surface area contributed by atoms with Crippen LogP contribution in [0.5, 0.6) is 0 Å². The maximum absolute atomic E-state index is 13.0. The predicted octanol–water partition coefficient (Wildman–Crippen LogP) is 7.71. The van der Waals surface area contributed by atoms with Crippen molar-refractivity contribution in [2.45, 2.75) is 12.8 Å². The van der Waals surface area contributed by atoms with Crippen LogP contribution in [-0.2, 0) is 0 Å². The van der Waals surface area contributed by atoms with Crippen molar-refractivity contribution >= 4 is 63.3 Å². The van der Waals surface area contributed by atoms with E-state index in [1.165, 1.54) is 6.42 Å². The normalized spacial score (nSPS) is 13.8. The third kappa shape index (κ3) is 4.81. The van der Waals surface area contributed by atoms with Crippen LogP contribution >= 0.6 is 35.1 Å². The van der Waals surface area contributed by atoms with E-state index < -0.39 is 0 Å². The van der Waals surface area contributed by atoms with Crippen molar-refractivity contribution in [3.05, 3.63) is 88.4 Å². The van der Waals surface area contributed by atoms with Gasteiger partial charge in [0.25, 0.3) is 5.91 Å². The molecule has 3 aromatic carbocycles. The zero-order valence-electron chi connectivity index (χ0n) is 17.7. The Kier molecular flexibility index (Phi) is 6.45. The molecule has 0 bridgehead atoms. The Hall–Kier alpha value is -2.73. The summed E-state index contributed by atoms with van der Waals surface area (Å²) >= 11 is 14.8. The lowest BCUT2D eigenvalue weighted by molar-refractivity contribution is 0.102. The average molecular weight is 494 g/mol. The Morgan fingerprint density at radius 1 is 0.939 bits per heavy atom. The number of carbonyl (C=O) groups excluding carboxylic acids is 1. The fourth-order valence-electron chi connectivity index (χ4n) is 3.86. The standard InChI is InChI=1S/C26H21Cl2N3OS/c27-22-11-8-18(15-21(22)25-12-7-17-5-1-2-6-24(17)30-25)29-26(32)20-10-9-19(16-23(20)28)31-13-3-4-14-33-31/h1-2,5-12,15-16H,3-4,13-14H2,(H,29,32). The van der Waals surface area contributed by atoms with Crippen molar-refractivity contribution in [1.82, 2.24) is 4.98 Å². The van der Waals surface area contributed by atoms with Gasteiger partial charge in [0, 0.05) is 34.6 Å². The van der Waals surface area contributed by atoms with Gasteiger partial charge in [0.05, 0.1) is 26.8 Å². The molecule has 0 spiro atoms. The minimum absolute atomic E-state index is 0.266. The van der Waals surface area contributed by atoms with E-state index >= 15 is 0 Å². The largest absolute Gasteiger partial charge is 0.322 e. The van der Waals surface area contributed by atoms with Crippen LogP contribution in [0, 0.1) is 0 Å². The molecule has 0 radical (unpaired) electrons. The number of nitrogens with zero attached hydrogens (tertiary/aromatic N) is 2. The number of aromatic nitrogens is 1. The van der Waals surface area contributed by atoms with Crippen molar-refractivity contribution in [2.75, 3.05) is 21.9 Å². The first-order valence-electron chi connectivity index (χ1n) is 10.8. The summed E-state index contributed by atoms with van der Waals surface area (Å²) in [5.74, 6) is 0.836.